The van der Waals surface area contributed by atoms with Gasteiger partial charge in [0, 0.05) is 6.07 Å². The summed E-state index contributed by atoms with van der Waals surface area (Å²) in [4.78, 5) is 13.6. The van der Waals surface area contributed by atoms with Crippen molar-refractivity contribution in [3.8, 4) is 11.5 Å². The van der Waals surface area contributed by atoms with Crippen molar-refractivity contribution in [2.45, 2.75) is 26.4 Å². The van der Waals surface area contributed by atoms with E-state index in [2.05, 4.69) is 5.16 Å². The molecule has 0 saturated heterocycles. The van der Waals surface area contributed by atoms with Crippen LogP contribution in [0.3, 0.4) is 0 Å². The van der Waals surface area contributed by atoms with Crippen LogP contribution in [0.15, 0.2) is 22.7 Å². The van der Waals surface area contributed by atoms with Crippen molar-refractivity contribution in [2.24, 2.45) is 0 Å². The molecule has 24 heavy (non-hydrogen) atoms. The molecule has 2 aromatic rings. The van der Waals surface area contributed by atoms with Crippen molar-refractivity contribution < 1.29 is 23.9 Å². The van der Waals surface area contributed by atoms with Gasteiger partial charge in [0.1, 0.15) is 17.5 Å². The number of hydrogen-bond donors (Lipinski definition) is 1. The molecule has 130 valence electrons. The molecule has 0 fully saturated rings. The molecule has 0 aliphatic rings. The zero-order valence-corrected chi connectivity index (χ0v) is 14.5. The molecule has 0 amide bonds. The van der Waals surface area contributed by atoms with E-state index in [1.807, 2.05) is 13.8 Å². The molecule has 7 nitrogen and oxygen atoms in total. The van der Waals surface area contributed by atoms with Crippen LogP contribution in [-0.4, -0.2) is 42.4 Å². The van der Waals surface area contributed by atoms with Gasteiger partial charge < -0.3 is 19.1 Å². The minimum Gasteiger partial charge on any atom is -0.496 e. The van der Waals surface area contributed by atoms with Crippen molar-refractivity contribution in [3.63, 3.8) is 0 Å². The third-order valence-corrected chi connectivity index (χ3v) is 3.72. The van der Waals surface area contributed by atoms with Crippen LogP contribution in [0.2, 0.25) is 0 Å². The van der Waals surface area contributed by atoms with Gasteiger partial charge in [0.2, 0.25) is 0 Å². The lowest BCUT2D eigenvalue weighted by atomic mass is 10.0. The number of aromatic nitrogens is 1. The average molecular weight is 334 g/mol. The average Bonchev–Trinajstić information content (AvgIpc) is 2.92. The Morgan fingerprint density at radius 3 is 2.25 bits per heavy atom. The Morgan fingerprint density at radius 1 is 1.25 bits per heavy atom. The number of hydrogen-bond acceptors (Lipinski definition) is 6. The van der Waals surface area contributed by atoms with E-state index in [1.165, 1.54) is 14.2 Å². The van der Waals surface area contributed by atoms with Crippen LogP contribution < -0.4 is 9.47 Å². The smallest absolute Gasteiger partial charge is 0.325 e. The van der Waals surface area contributed by atoms with E-state index < -0.39 is 12.0 Å². The fourth-order valence-corrected chi connectivity index (χ4v) is 2.70. The van der Waals surface area contributed by atoms with Gasteiger partial charge in [0.15, 0.2) is 5.76 Å². The Bertz CT molecular complexity index is 701. The first-order chi connectivity index (χ1) is 11.4. The SMILES string of the molecule is COc1cc(C)cc(OC)c1[C@@H](C(=O)O)N(C)Cc1cc(C)no1. The van der Waals surface area contributed by atoms with Gasteiger partial charge in [-0.2, -0.15) is 0 Å². The van der Waals surface area contributed by atoms with Crippen LogP contribution in [0, 0.1) is 13.8 Å². The second-order valence-electron chi connectivity index (χ2n) is 5.67. The van der Waals surface area contributed by atoms with E-state index in [0.29, 0.717) is 22.8 Å². The number of carboxylic acid groups (broad SMARTS) is 1. The minimum absolute atomic E-state index is 0.290. The number of benzene rings is 1. The number of carboxylic acids is 1. The number of methoxy groups -OCH3 is 2. The topological polar surface area (TPSA) is 85.0 Å². The summed E-state index contributed by atoms with van der Waals surface area (Å²) in [6.45, 7) is 4.00. The standard InChI is InChI=1S/C17H22N2O5/c1-10-6-13(22-4)15(14(7-10)23-5)16(17(20)21)19(3)9-12-8-11(2)18-24-12/h6-8,16H,9H2,1-5H3,(H,20,21)/t16-/m0/s1. The highest BCUT2D eigenvalue weighted by Gasteiger charge is 2.32. The lowest BCUT2D eigenvalue weighted by Crippen LogP contribution is -2.31. The Kier molecular flexibility index (Phi) is 5.46. The largest absolute Gasteiger partial charge is 0.496 e. The Labute approximate surface area is 140 Å². The lowest BCUT2D eigenvalue weighted by molar-refractivity contribution is -0.143. The Balaban J connectivity index is 2.45. The van der Waals surface area contributed by atoms with Gasteiger partial charge in [-0.3, -0.25) is 9.69 Å². The molecule has 0 bridgehead atoms. The van der Waals surface area contributed by atoms with Gasteiger partial charge >= 0.3 is 5.97 Å². The first kappa shape index (κ1) is 17.8. The zero-order valence-electron chi connectivity index (χ0n) is 14.5. The predicted molar refractivity (Wildman–Crippen MR) is 87.4 cm³/mol. The number of likely N-dealkylation sites (N-methyl/N-ethyl adjacent to an activating group) is 1. The van der Waals surface area contributed by atoms with Gasteiger partial charge in [0.25, 0.3) is 0 Å². The molecule has 1 aromatic heterocycles. The monoisotopic (exact) mass is 334 g/mol. The van der Waals surface area contributed by atoms with Crippen LogP contribution in [0.25, 0.3) is 0 Å². The van der Waals surface area contributed by atoms with Gasteiger partial charge in [0.05, 0.1) is 32.0 Å². The molecule has 0 saturated carbocycles. The highest BCUT2D eigenvalue weighted by molar-refractivity contribution is 5.78. The number of rotatable bonds is 7. The maximum Gasteiger partial charge on any atom is 0.325 e. The molecule has 2 rings (SSSR count). The molecule has 1 heterocycles. The normalized spacial score (nSPS) is 12.2. The van der Waals surface area contributed by atoms with E-state index in [9.17, 15) is 9.90 Å². The Morgan fingerprint density at radius 2 is 1.83 bits per heavy atom. The number of aryl methyl sites for hydroxylation is 2. The molecule has 7 heteroatoms. The minimum atomic E-state index is -1.01. The first-order valence-corrected chi connectivity index (χ1v) is 7.45. The molecule has 1 aromatic carbocycles. The van der Waals surface area contributed by atoms with Crippen molar-refractivity contribution in [3.05, 3.63) is 40.8 Å². The van der Waals surface area contributed by atoms with Crippen molar-refractivity contribution in [1.29, 1.82) is 0 Å². The summed E-state index contributed by atoms with van der Waals surface area (Å²) in [6.07, 6.45) is 0. The van der Waals surface area contributed by atoms with Gasteiger partial charge in [-0.05, 0) is 38.6 Å². The lowest BCUT2D eigenvalue weighted by Gasteiger charge is -2.27. The highest BCUT2D eigenvalue weighted by atomic mass is 16.5. The van der Waals surface area contributed by atoms with Crippen LogP contribution in [0.4, 0.5) is 0 Å². The van der Waals surface area contributed by atoms with E-state index in [4.69, 9.17) is 14.0 Å². The summed E-state index contributed by atoms with van der Waals surface area (Å²) in [7, 11) is 4.72. The summed E-state index contributed by atoms with van der Waals surface area (Å²) < 4.78 is 16.0. The maximum atomic E-state index is 12.0. The van der Waals surface area contributed by atoms with Gasteiger partial charge in [-0.1, -0.05) is 5.16 Å². The predicted octanol–water partition coefficient (Wildman–Crippen LogP) is 2.57. The van der Waals surface area contributed by atoms with Crippen LogP contribution >= 0.6 is 0 Å². The highest BCUT2D eigenvalue weighted by Crippen LogP contribution is 2.38. The van der Waals surface area contributed by atoms with Crippen molar-refractivity contribution >= 4 is 5.97 Å². The third-order valence-electron chi connectivity index (χ3n) is 3.72. The number of carbonyl (C=O) groups is 1. The molecule has 0 aliphatic heterocycles. The van der Waals surface area contributed by atoms with Gasteiger partial charge in [-0.25, -0.2) is 0 Å². The zero-order chi connectivity index (χ0) is 17.9. The third kappa shape index (κ3) is 3.68. The molecule has 0 spiro atoms. The summed E-state index contributed by atoms with van der Waals surface area (Å²) in [5, 5.41) is 13.6. The summed E-state index contributed by atoms with van der Waals surface area (Å²) in [6, 6.07) is 4.40. The van der Waals surface area contributed by atoms with E-state index in [0.717, 1.165) is 11.3 Å². The maximum absolute atomic E-state index is 12.0. The molecule has 1 N–H and O–H groups in total. The molecule has 0 aliphatic carbocycles. The molecule has 0 unspecified atom stereocenters. The number of ether oxygens (including phenoxy) is 2. The molecular formula is C17H22N2O5. The fourth-order valence-electron chi connectivity index (χ4n) is 2.70. The second-order valence-corrected chi connectivity index (χ2v) is 5.67. The van der Waals surface area contributed by atoms with Crippen LogP contribution in [0.1, 0.15) is 28.6 Å². The van der Waals surface area contributed by atoms with Crippen LogP contribution in [0.5, 0.6) is 11.5 Å². The van der Waals surface area contributed by atoms with E-state index in [-0.39, 0.29) is 6.54 Å². The van der Waals surface area contributed by atoms with E-state index in [1.54, 1.807) is 30.1 Å². The fraction of sp³-hybridized carbons (Fsp3) is 0.412. The molecule has 1 atom stereocenters. The number of aliphatic carboxylic acids is 1. The van der Waals surface area contributed by atoms with E-state index >= 15 is 0 Å². The second kappa shape index (κ2) is 7.35. The van der Waals surface area contributed by atoms with Crippen molar-refractivity contribution in [2.75, 3.05) is 21.3 Å². The van der Waals surface area contributed by atoms with Crippen LogP contribution in [-0.2, 0) is 11.3 Å². The summed E-state index contributed by atoms with van der Waals surface area (Å²) in [5.41, 5.74) is 2.14. The van der Waals surface area contributed by atoms with Crippen molar-refractivity contribution in [1.82, 2.24) is 10.1 Å². The van der Waals surface area contributed by atoms with Gasteiger partial charge in [-0.15, -0.1) is 0 Å². The summed E-state index contributed by atoms with van der Waals surface area (Å²) in [5.74, 6) is 0.528. The quantitative estimate of drug-likeness (QED) is 0.833. The number of nitrogens with zero attached hydrogens (tertiary/aromatic N) is 2. The Hall–Kier alpha value is -2.54. The summed E-state index contributed by atoms with van der Waals surface area (Å²) >= 11 is 0. The molecule has 0 radical (unpaired) electrons. The first-order valence-electron chi connectivity index (χ1n) is 7.45. The molecular weight excluding hydrogens is 312 g/mol.